The summed E-state index contributed by atoms with van der Waals surface area (Å²) in [7, 11) is 0. The minimum Gasteiger partial charge on any atom is -0.350 e. The van der Waals surface area contributed by atoms with Crippen molar-refractivity contribution in [2.45, 2.75) is 24.8 Å². The van der Waals surface area contributed by atoms with Crippen LogP contribution in [0.3, 0.4) is 0 Å². The van der Waals surface area contributed by atoms with E-state index in [1.807, 2.05) is 0 Å². The van der Waals surface area contributed by atoms with Gasteiger partial charge in [-0.1, -0.05) is 0 Å². The molecular formula is C14H16N4O. The predicted octanol–water partition coefficient (Wildman–Crippen LogP) is 1.24. The molecule has 1 aromatic heterocycles. The third kappa shape index (κ3) is 2.42. The molecule has 2 aromatic rings. The van der Waals surface area contributed by atoms with Gasteiger partial charge in [0.1, 0.15) is 0 Å². The summed E-state index contributed by atoms with van der Waals surface area (Å²) in [5.74, 6) is -0.107. The Morgan fingerprint density at radius 3 is 2.68 bits per heavy atom. The summed E-state index contributed by atoms with van der Waals surface area (Å²) in [5, 5.41) is 2.89. The highest BCUT2D eigenvalue weighted by molar-refractivity contribution is 5.97. The Labute approximate surface area is 111 Å². The van der Waals surface area contributed by atoms with E-state index in [4.69, 9.17) is 5.73 Å². The average molecular weight is 256 g/mol. The molecule has 0 bridgehead atoms. The lowest BCUT2D eigenvalue weighted by molar-refractivity contribution is 0.0930. The summed E-state index contributed by atoms with van der Waals surface area (Å²) in [6.45, 7) is 0.532. The van der Waals surface area contributed by atoms with Crippen molar-refractivity contribution in [2.75, 3.05) is 6.54 Å². The van der Waals surface area contributed by atoms with Gasteiger partial charge in [-0.15, -0.1) is 0 Å². The van der Waals surface area contributed by atoms with E-state index in [9.17, 15) is 4.79 Å². The SMILES string of the molecule is NC1(CNC(=O)c2ccc3nccnc3c2)CCC1. The van der Waals surface area contributed by atoms with Crippen LogP contribution >= 0.6 is 0 Å². The molecule has 1 heterocycles. The van der Waals surface area contributed by atoms with Crippen LogP contribution in [0.25, 0.3) is 11.0 Å². The van der Waals surface area contributed by atoms with Crippen LogP contribution in [0.2, 0.25) is 0 Å². The van der Waals surface area contributed by atoms with Crippen molar-refractivity contribution in [1.82, 2.24) is 15.3 Å². The quantitative estimate of drug-likeness (QED) is 0.865. The Morgan fingerprint density at radius 2 is 2.00 bits per heavy atom. The van der Waals surface area contributed by atoms with Crippen molar-refractivity contribution in [2.24, 2.45) is 5.73 Å². The number of aromatic nitrogens is 2. The Balaban J connectivity index is 1.74. The van der Waals surface area contributed by atoms with Gasteiger partial charge in [0.15, 0.2) is 0 Å². The molecule has 1 aliphatic rings. The number of hydrogen-bond acceptors (Lipinski definition) is 4. The highest BCUT2D eigenvalue weighted by atomic mass is 16.1. The first-order chi connectivity index (χ1) is 9.16. The second kappa shape index (κ2) is 4.59. The molecule has 0 saturated heterocycles. The fraction of sp³-hybridized carbons (Fsp3) is 0.357. The summed E-state index contributed by atoms with van der Waals surface area (Å²) in [6, 6.07) is 5.32. The van der Waals surface area contributed by atoms with Gasteiger partial charge in [0.05, 0.1) is 11.0 Å². The predicted molar refractivity (Wildman–Crippen MR) is 72.6 cm³/mol. The molecular weight excluding hydrogens is 240 g/mol. The van der Waals surface area contributed by atoms with E-state index >= 15 is 0 Å². The lowest BCUT2D eigenvalue weighted by atomic mass is 9.78. The molecule has 1 aliphatic carbocycles. The lowest BCUT2D eigenvalue weighted by Gasteiger charge is -2.38. The van der Waals surface area contributed by atoms with Crippen molar-refractivity contribution >= 4 is 16.9 Å². The summed E-state index contributed by atoms with van der Waals surface area (Å²) in [6.07, 6.45) is 6.37. The van der Waals surface area contributed by atoms with Crippen molar-refractivity contribution in [3.63, 3.8) is 0 Å². The molecule has 1 saturated carbocycles. The third-order valence-corrected chi connectivity index (χ3v) is 3.68. The molecule has 5 heteroatoms. The number of nitrogens with two attached hydrogens (primary N) is 1. The van der Waals surface area contributed by atoms with Crippen molar-refractivity contribution in [1.29, 1.82) is 0 Å². The number of amides is 1. The number of carbonyl (C=O) groups excluding carboxylic acids is 1. The summed E-state index contributed by atoms with van der Waals surface area (Å²) >= 11 is 0. The molecule has 5 nitrogen and oxygen atoms in total. The molecule has 0 radical (unpaired) electrons. The van der Waals surface area contributed by atoms with Crippen LogP contribution in [-0.4, -0.2) is 28.0 Å². The smallest absolute Gasteiger partial charge is 0.251 e. The molecule has 0 unspecified atom stereocenters. The summed E-state index contributed by atoms with van der Waals surface area (Å²) in [5.41, 5.74) is 7.98. The molecule has 3 N–H and O–H groups in total. The summed E-state index contributed by atoms with van der Waals surface area (Å²) < 4.78 is 0. The van der Waals surface area contributed by atoms with E-state index in [2.05, 4.69) is 15.3 Å². The maximum atomic E-state index is 12.1. The van der Waals surface area contributed by atoms with E-state index in [1.54, 1.807) is 30.6 Å². The van der Waals surface area contributed by atoms with Crippen LogP contribution in [0.5, 0.6) is 0 Å². The first-order valence-corrected chi connectivity index (χ1v) is 6.44. The van der Waals surface area contributed by atoms with Crippen LogP contribution in [-0.2, 0) is 0 Å². The first-order valence-electron chi connectivity index (χ1n) is 6.44. The second-order valence-corrected chi connectivity index (χ2v) is 5.16. The lowest BCUT2D eigenvalue weighted by Crippen LogP contribution is -2.54. The first kappa shape index (κ1) is 12.0. The van der Waals surface area contributed by atoms with Gasteiger partial charge in [-0.25, -0.2) is 0 Å². The zero-order chi connectivity index (χ0) is 13.3. The van der Waals surface area contributed by atoms with Gasteiger partial charge in [-0.3, -0.25) is 14.8 Å². The molecule has 0 atom stereocenters. The van der Waals surface area contributed by atoms with Crippen LogP contribution in [0, 0.1) is 0 Å². The fourth-order valence-corrected chi connectivity index (χ4v) is 2.27. The standard InChI is InChI=1S/C14H16N4O/c15-14(4-1-5-14)9-18-13(19)10-2-3-11-12(8-10)17-7-6-16-11/h2-3,6-8H,1,4-5,9,15H2,(H,18,19). The number of fused-ring (bicyclic) bond motifs is 1. The van der Waals surface area contributed by atoms with Crippen LogP contribution in [0.1, 0.15) is 29.6 Å². The maximum absolute atomic E-state index is 12.1. The van der Waals surface area contributed by atoms with E-state index in [-0.39, 0.29) is 11.4 Å². The van der Waals surface area contributed by atoms with E-state index in [0.717, 1.165) is 30.3 Å². The monoisotopic (exact) mass is 256 g/mol. The van der Waals surface area contributed by atoms with Crippen LogP contribution in [0.4, 0.5) is 0 Å². The van der Waals surface area contributed by atoms with E-state index < -0.39 is 0 Å². The van der Waals surface area contributed by atoms with Gasteiger partial charge < -0.3 is 11.1 Å². The number of carbonyl (C=O) groups is 1. The van der Waals surface area contributed by atoms with Gasteiger partial charge in [-0.05, 0) is 37.5 Å². The second-order valence-electron chi connectivity index (χ2n) is 5.16. The molecule has 1 amide bonds. The molecule has 1 fully saturated rings. The zero-order valence-corrected chi connectivity index (χ0v) is 10.6. The molecule has 0 spiro atoms. The number of rotatable bonds is 3. The minimum atomic E-state index is -0.202. The molecule has 0 aliphatic heterocycles. The van der Waals surface area contributed by atoms with Crippen molar-refractivity contribution in [3.8, 4) is 0 Å². The highest BCUT2D eigenvalue weighted by Gasteiger charge is 2.32. The van der Waals surface area contributed by atoms with Gasteiger partial charge in [-0.2, -0.15) is 0 Å². The van der Waals surface area contributed by atoms with Crippen molar-refractivity contribution in [3.05, 3.63) is 36.2 Å². The number of nitrogens with zero attached hydrogens (tertiary/aromatic N) is 2. The molecule has 1 aromatic carbocycles. The molecule has 98 valence electrons. The third-order valence-electron chi connectivity index (χ3n) is 3.68. The topological polar surface area (TPSA) is 80.9 Å². The maximum Gasteiger partial charge on any atom is 0.251 e. The zero-order valence-electron chi connectivity index (χ0n) is 10.6. The van der Waals surface area contributed by atoms with E-state index in [1.165, 1.54) is 0 Å². The fourth-order valence-electron chi connectivity index (χ4n) is 2.27. The molecule has 19 heavy (non-hydrogen) atoms. The summed E-state index contributed by atoms with van der Waals surface area (Å²) in [4.78, 5) is 20.4. The molecule has 3 rings (SSSR count). The van der Waals surface area contributed by atoms with Crippen LogP contribution < -0.4 is 11.1 Å². The normalized spacial score (nSPS) is 16.9. The Hall–Kier alpha value is -2.01. The van der Waals surface area contributed by atoms with Gasteiger partial charge in [0.2, 0.25) is 0 Å². The minimum absolute atomic E-state index is 0.107. The largest absolute Gasteiger partial charge is 0.350 e. The number of benzene rings is 1. The van der Waals surface area contributed by atoms with Gasteiger partial charge >= 0.3 is 0 Å². The number of nitrogens with one attached hydrogen (secondary N) is 1. The number of hydrogen-bond donors (Lipinski definition) is 2. The Kier molecular flexibility index (Phi) is 2.91. The Morgan fingerprint density at radius 1 is 1.26 bits per heavy atom. The van der Waals surface area contributed by atoms with E-state index in [0.29, 0.717) is 12.1 Å². The Bertz CT molecular complexity index is 622. The van der Waals surface area contributed by atoms with Gasteiger partial charge in [0.25, 0.3) is 5.91 Å². The van der Waals surface area contributed by atoms with Crippen molar-refractivity contribution < 1.29 is 4.79 Å². The van der Waals surface area contributed by atoms with Crippen LogP contribution in [0.15, 0.2) is 30.6 Å². The van der Waals surface area contributed by atoms with Gasteiger partial charge in [0, 0.05) is 30.0 Å². The highest BCUT2D eigenvalue weighted by Crippen LogP contribution is 2.28. The average Bonchev–Trinajstić information content (AvgIpc) is 2.42.